The van der Waals surface area contributed by atoms with Gasteiger partial charge in [0, 0.05) is 47.6 Å². The molecule has 7 heteroatoms. The zero-order valence-corrected chi connectivity index (χ0v) is 16.9. The highest BCUT2D eigenvalue weighted by atomic mass is 35.5. The number of hydrogen-bond donors (Lipinski definition) is 0. The molecule has 2 aliphatic heterocycles. The van der Waals surface area contributed by atoms with Crippen molar-refractivity contribution < 1.29 is 9.21 Å². The van der Waals surface area contributed by atoms with Crippen LogP contribution >= 0.6 is 23.4 Å². The summed E-state index contributed by atoms with van der Waals surface area (Å²) in [6, 6.07) is 5.10. The average Bonchev–Trinajstić information content (AvgIpc) is 3.11. The van der Waals surface area contributed by atoms with E-state index in [1.54, 1.807) is 6.07 Å². The van der Waals surface area contributed by atoms with Crippen molar-refractivity contribution in [2.24, 2.45) is 0 Å². The summed E-state index contributed by atoms with van der Waals surface area (Å²) in [5.41, 5.74) is 1.93. The van der Waals surface area contributed by atoms with E-state index in [1.807, 2.05) is 29.7 Å². The number of amides is 1. The maximum absolute atomic E-state index is 13.0. The maximum atomic E-state index is 13.0. The van der Waals surface area contributed by atoms with Crippen molar-refractivity contribution >= 4 is 40.2 Å². The Balaban J connectivity index is 1.62. The second-order valence-electron chi connectivity index (χ2n) is 7.25. The predicted molar refractivity (Wildman–Crippen MR) is 110 cm³/mol. The number of hydrogen-bond acceptors (Lipinski definition) is 5. The smallest absolute Gasteiger partial charge is 0.336 e. The van der Waals surface area contributed by atoms with Crippen LogP contribution in [0.4, 0.5) is 0 Å². The van der Waals surface area contributed by atoms with Crippen LogP contribution in [0.15, 0.2) is 27.4 Å². The topological polar surface area (TPSA) is 53.8 Å². The van der Waals surface area contributed by atoms with Crippen LogP contribution in [-0.4, -0.2) is 52.9 Å². The van der Waals surface area contributed by atoms with Crippen LogP contribution in [0.5, 0.6) is 0 Å². The molecule has 0 radical (unpaired) electrons. The number of likely N-dealkylation sites (tertiary alicyclic amines) is 1. The van der Waals surface area contributed by atoms with E-state index < -0.39 is 0 Å². The van der Waals surface area contributed by atoms with E-state index in [0.717, 1.165) is 60.5 Å². The molecule has 1 amide bonds. The largest absolute Gasteiger partial charge is 0.423 e. The fourth-order valence-electron chi connectivity index (χ4n) is 3.99. The molecule has 144 valence electrons. The standard InChI is InChI=1S/C20H23ClN2O3S/c1-13-9-18-15(11-16(13)21)14(10-19(24)26-18)12-23-4-2-3-17(23)20(25)22-5-7-27-8-6-22/h9-11,17H,2-8,12H2,1H3. The summed E-state index contributed by atoms with van der Waals surface area (Å²) < 4.78 is 5.36. The number of aryl methyl sites for hydroxylation is 1. The zero-order valence-electron chi connectivity index (χ0n) is 15.4. The number of halogens is 1. The molecule has 0 spiro atoms. The molecule has 4 rings (SSSR count). The SMILES string of the molecule is Cc1cc2oc(=O)cc(CN3CCCC3C(=O)N3CCSCC3)c2cc1Cl. The van der Waals surface area contributed by atoms with Gasteiger partial charge in [0.1, 0.15) is 5.58 Å². The number of thioether (sulfide) groups is 1. The van der Waals surface area contributed by atoms with E-state index in [0.29, 0.717) is 17.2 Å². The lowest BCUT2D eigenvalue weighted by atomic mass is 10.1. The van der Waals surface area contributed by atoms with Crippen molar-refractivity contribution in [1.82, 2.24) is 9.80 Å². The lowest BCUT2D eigenvalue weighted by Crippen LogP contribution is -2.48. The quantitative estimate of drug-likeness (QED) is 0.732. The van der Waals surface area contributed by atoms with Crippen LogP contribution in [-0.2, 0) is 11.3 Å². The third-order valence-electron chi connectivity index (χ3n) is 5.45. The molecule has 0 aliphatic carbocycles. The molecule has 1 atom stereocenters. The molecule has 2 aliphatic rings. The Bertz CT molecular complexity index is 923. The van der Waals surface area contributed by atoms with Gasteiger partial charge in [-0.05, 0) is 49.6 Å². The first kappa shape index (κ1) is 18.8. The van der Waals surface area contributed by atoms with Crippen molar-refractivity contribution in [2.75, 3.05) is 31.1 Å². The highest BCUT2D eigenvalue weighted by molar-refractivity contribution is 7.99. The summed E-state index contributed by atoms with van der Waals surface area (Å²) in [5, 5.41) is 1.50. The molecular weight excluding hydrogens is 384 g/mol. The predicted octanol–water partition coefficient (Wildman–Crippen LogP) is 3.29. The number of benzene rings is 1. The number of rotatable bonds is 3. The summed E-state index contributed by atoms with van der Waals surface area (Å²) in [5.74, 6) is 2.26. The Hall–Kier alpha value is -1.50. The van der Waals surface area contributed by atoms with Crippen LogP contribution in [0.2, 0.25) is 5.02 Å². The van der Waals surface area contributed by atoms with Crippen molar-refractivity contribution in [1.29, 1.82) is 0 Å². The van der Waals surface area contributed by atoms with Gasteiger partial charge in [0.2, 0.25) is 5.91 Å². The Labute approximate surface area is 167 Å². The summed E-state index contributed by atoms with van der Waals surface area (Å²) in [7, 11) is 0. The Morgan fingerprint density at radius 1 is 1.26 bits per heavy atom. The molecule has 2 saturated heterocycles. The van der Waals surface area contributed by atoms with Gasteiger partial charge in [-0.1, -0.05) is 11.6 Å². The fraction of sp³-hybridized carbons (Fsp3) is 0.500. The monoisotopic (exact) mass is 406 g/mol. The molecule has 5 nitrogen and oxygen atoms in total. The molecule has 0 saturated carbocycles. The highest BCUT2D eigenvalue weighted by Gasteiger charge is 2.34. The van der Waals surface area contributed by atoms with Crippen molar-refractivity contribution in [3.8, 4) is 0 Å². The molecule has 1 aromatic heterocycles. The summed E-state index contributed by atoms with van der Waals surface area (Å²) >= 11 is 8.20. The molecule has 27 heavy (non-hydrogen) atoms. The lowest BCUT2D eigenvalue weighted by molar-refractivity contribution is -0.135. The minimum absolute atomic E-state index is 0.101. The van der Waals surface area contributed by atoms with E-state index >= 15 is 0 Å². The molecule has 3 heterocycles. The van der Waals surface area contributed by atoms with Crippen LogP contribution in [0.25, 0.3) is 11.0 Å². The molecule has 0 N–H and O–H groups in total. The van der Waals surface area contributed by atoms with Gasteiger partial charge >= 0.3 is 5.63 Å². The van der Waals surface area contributed by atoms with E-state index in [9.17, 15) is 9.59 Å². The van der Waals surface area contributed by atoms with E-state index in [4.69, 9.17) is 16.0 Å². The second kappa shape index (κ2) is 7.86. The number of carbonyl (C=O) groups excluding carboxylic acids is 1. The van der Waals surface area contributed by atoms with E-state index in [1.165, 1.54) is 6.07 Å². The van der Waals surface area contributed by atoms with Crippen LogP contribution < -0.4 is 5.63 Å². The average molecular weight is 407 g/mol. The van der Waals surface area contributed by atoms with Gasteiger partial charge in [0.15, 0.2) is 0 Å². The Morgan fingerprint density at radius 2 is 2.04 bits per heavy atom. The van der Waals surface area contributed by atoms with Crippen LogP contribution in [0.3, 0.4) is 0 Å². The first-order chi connectivity index (χ1) is 13.0. The van der Waals surface area contributed by atoms with Crippen molar-refractivity contribution in [2.45, 2.75) is 32.4 Å². The summed E-state index contributed by atoms with van der Waals surface area (Å²) in [6.45, 7) is 4.97. The van der Waals surface area contributed by atoms with Crippen molar-refractivity contribution in [3.63, 3.8) is 0 Å². The molecule has 1 unspecified atom stereocenters. The normalized spacial score (nSPS) is 21.1. The van der Waals surface area contributed by atoms with E-state index in [-0.39, 0.29) is 17.6 Å². The number of carbonyl (C=O) groups is 1. The Morgan fingerprint density at radius 3 is 2.81 bits per heavy atom. The lowest BCUT2D eigenvalue weighted by Gasteiger charge is -2.32. The van der Waals surface area contributed by atoms with Crippen LogP contribution in [0.1, 0.15) is 24.0 Å². The van der Waals surface area contributed by atoms with Gasteiger partial charge in [0.25, 0.3) is 0 Å². The number of fused-ring (bicyclic) bond motifs is 1. The maximum Gasteiger partial charge on any atom is 0.336 e. The van der Waals surface area contributed by atoms with Gasteiger partial charge in [-0.15, -0.1) is 0 Å². The number of nitrogens with zero attached hydrogens (tertiary/aromatic N) is 2. The van der Waals surface area contributed by atoms with Gasteiger partial charge in [0.05, 0.1) is 6.04 Å². The van der Waals surface area contributed by atoms with E-state index in [2.05, 4.69) is 4.90 Å². The summed E-state index contributed by atoms with van der Waals surface area (Å²) in [4.78, 5) is 29.2. The first-order valence-electron chi connectivity index (χ1n) is 9.36. The zero-order chi connectivity index (χ0) is 19.0. The van der Waals surface area contributed by atoms with Gasteiger partial charge in [-0.2, -0.15) is 11.8 Å². The summed E-state index contributed by atoms with van der Waals surface area (Å²) in [6.07, 6.45) is 1.87. The molecule has 2 fully saturated rings. The second-order valence-corrected chi connectivity index (χ2v) is 8.89. The van der Waals surface area contributed by atoms with Gasteiger partial charge in [-0.25, -0.2) is 4.79 Å². The fourth-order valence-corrected chi connectivity index (χ4v) is 5.05. The third kappa shape index (κ3) is 3.89. The first-order valence-corrected chi connectivity index (χ1v) is 10.9. The Kier molecular flexibility index (Phi) is 5.48. The minimum atomic E-state index is -0.366. The van der Waals surface area contributed by atoms with Crippen molar-refractivity contribution in [3.05, 3.63) is 44.8 Å². The molecular formula is C20H23ClN2O3S. The van der Waals surface area contributed by atoms with Crippen LogP contribution in [0, 0.1) is 6.92 Å². The van der Waals surface area contributed by atoms with Gasteiger partial charge < -0.3 is 9.32 Å². The third-order valence-corrected chi connectivity index (χ3v) is 6.80. The molecule has 0 bridgehead atoms. The molecule has 1 aromatic carbocycles. The van der Waals surface area contributed by atoms with Gasteiger partial charge in [-0.3, -0.25) is 9.69 Å². The highest BCUT2D eigenvalue weighted by Crippen LogP contribution is 2.28. The minimum Gasteiger partial charge on any atom is -0.423 e. The molecule has 2 aromatic rings.